The summed E-state index contributed by atoms with van der Waals surface area (Å²) in [6, 6.07) is 0. The van der Waals surface area contributed by atoms with Crippen LogP contribution in [0, 0.1) is 5.92 Å². The lowest BCUT2D eigenvalue weighted by Crippen LogP contribution is -2.55. The van der Waals surface area contributed by atoms with Crippen LogP contribution in [-0.2, 0) is 0 Å². The normalized spacial score (nSPS) is 15.5. The summed E-state index contributed by atoms with van der Waals surface area (Å²) in [6.07, 6.45) is 0. The largest absolute Gasteiger partial charge is 0.294 e. The fourth-order valence-corrected chi connectivity index (χ4v) is 3.83. The van der Waals surface area contributed by atoms with E-state index in [4.69, 9.17) is 0 Å². The first-order chi connectivity index (χ1) is 7.28. The van der Waals surface area contributed by atoms with E-state index in [1.807, 2.05) is 0 Å². The monoisotopic (exact) mass is 278 g/mol. The van der Waals surface area contributed by atoms with Gasteiger partial charge in [0.15, 0.2) is 0 Å². The Kier molecular flexibility index (Phi) is 6.09. The second-order valence-electron chi connectivity index (χ2n) is 7.29. The summed E-state index contributed by atoms with van der Waals surface area (Å²) in [4.78, 5) is 0. The van der Waals surface area contributed by atoms with E-state index in [2.05, 4.69) is 81.5 Å². The van der Waals surface area contributed by atoms with Gasteiger partial charge in [-0.25, -0.2) is 0 Å². The number of hydrogen-bond donors (Lipinski definition) is 1. The summed E-state index contributed by atoms with van der Waals surface area (Å²) in [5, 5.41) is 4.01. The molecule has 104 valence electrons. The molecule has 2 nitrogen and oxygen atoms in total. The summed E-state index contributed by atoms with van der Waals surface area (Å²) in [5.41, 5.74) is 0.123. The molecular formula is C13H32N2P2. The van der Waals surface area contributed by atoms with Gasteiger partial charge in [-0.3, -0.25) is 9.76 Å². The van der Waals surface area contributed by atoms with Gasteiger partial charge in [0.05, 0.1) is 5.66 Å². The van der Waals surface area contributed by atoms with Crippen LogP contribution >= 0.6 is 18.1 Å². The van der Waals surface area contributed by atoms with Crippen LogP contribution in [-0.4, -0.2) is 20.8 Å². The van der Waals surface area contributed by atoms with Crippen LogP contribution in [0.3, 0.4) is 0 Å². The first-order valence-electron chi connectivity index (χ1n) is 6.40. The minimum absolute atomic E-state index is 0.00643. The van der Waals surface area contributed by atoms with Crippen LogP contribution < -0.4 is 5.32 Å². The van der Waals surface area contributed by atoms with Gasteiger partial charge in [0.2, 0.25) is 0 Å². The molecule has 0 radical (unpaired) electrons. The van der Waals surface area contributed by atoms with Crippen molar-refractivity contribution >= 4 is 18.1 Å². The van der Waals surface area contributed by atoms with Gasteiger partial charge in [0.1, 0.15) is 0 Å². The van der Waals surface area contributed by atoms with Crippen LogP contribution in [0.15, 0.2) is 0 Å². The third kappa shape index (κ3) is 6.48. The lowest BCUT2D eigenvalue weighted by atomic mass is 10.00. The minimum Gasteiger partial charge on any atom is -0.294 e. The second-order valence-corrected chi connectivity index (χ2v) is 10.3. The SMILES string of the molecule is CC(C)C(C)(C)PN(P)C(C)(C)NC(C)(C)C. The third-order valence-corrected chi connectivity index (χ3v) is 6.12. The molecular weight excluding hydrogens is 246 g/mol. The first-order valence-corrected chi connectivity index (χ1v) is 7.86. The molecule has 0 bridgehead atoms. The van der Waals surface area contributed by atoms with E-state index in [0.717, 1.165) is 8.73 Å². The highest BCUT2D eigenvalue weighted by Gasteiger charge is 2.33. The van der Waals surface area contributed by atoms with Gasteiger partial charge in [-0.05, 0) is 54.4 Å². The average molecular weight is 278 g/mol. The summed E-state index contributed by atoms with van der Waals surface area (Å²) in [7, 11) is 3.68. The quantitative estimate of drug-likeness (QED) is 0.598. The smallest absolute Gasteiger partial charge is 0.0722 e. The Hall–Kier alpha value is 0.780. The molecule has 0 aliphatic rings. The molecule has 2 atom stereocenters. The zero-order valence-electron chi connectivity index (χ0n) is 13.1. The Morgan fingerprint density at radius 2 is 1.41 bits per heavy atom. The van der Waals surface area contributed by atoms with Gasteiger partial charge in [-0.2, -0.15) is 0 Å². The molecule has 2 unspecified atom stereocenters. The lowest BCUT2D eigenvalue weighted by molar-refractivity contribution is 0.212. The maximum absolute atomic E-state index is 3.67. The molecule has 0 rings (SSSR count). The van der Waals surface area contributed by atoms with Crippen molar-refractivity contribution in [1.82, 2.24) is 9.76 Å². The summed E-state index contributed by atoms with van der Waals surface area (Å²) < 4.78 is 2.37. The molecule has 0 aromatic carbocycles. The highest BCUT2D eigenvalue weighted by Crippen LogP contribution is 2.45. The predicted molar refractivity (Wildman–Crippen MR) is 85.7 cm³/mol. The molecule has 0 fully saturated rings. The molecule has 0 amide bonds. The van der Waals surface area contributed by atoms with E-state index in [1.54, 1.807) is 0 Å². The molecule has 0 aliphatic heterocycles. The van der Waals surface area contributed by atoms with Crippen molar-refractivity contribution in [1.29, 1.82) is 0 Å². The molecule has 17 heavy (non-hydrogen) atoms. The van der Waals surface area contributed by atoms with Crippen molar-refractivity contribution in [3.63, 3.8) is 0 Å². The van der Waals surface area contributed by atoms with Crippen LogP contribution in [0.4, 0.5) is 0 Å². The summed E-state index contributed by atoms with van der Waals surface area (Å²) in [5.74, 6) is 0.689. The predicted octanol–water partition coefficient (Wildman–Crippen LogP) is 4.23. The van der Waals surface area contributed by atoms with Gasteiger partial charge >= 0.3 is 0 Å². The molecule has 0 spiro atoms. The van der Waals surface area contributed by atoms with Crippen LogP contribution in [0.1, 0.15) is 62.3 Å². The maximum Gasteiger partial charge on any atom is 0.0722 e. The number of nitrogens with one attached hydrogen (secondary N) is 1. The highest BCUT2D eigenvalue weighted by atomic mass is 31.1. The van der Waals surface area contributed by atoms with Gasteiger partial charge in [-0.15, -0.1) is 0 Å². The average Bonchev–Trinajstić information content (AvgIpc) is 1.97. The van der Waals surface area contributed by atoms with Crippen molar-refractivity contribution in [2.24, 2.45) is 5.92 Å². The Morgan fingerprint density at radius 1 is 1.00 bits per heavy atom. The minimum atomic E-state index is -0.00643. The Morgan fingerprint density at radius 3 is 1.71 bits per heavy atom. The van der Waals surface area contributed by atoms with Crippen molar-refractivity contribution < 1.29 is 0 Å². The van der Waals surface area contributed by atoms with Crippen LogP contribution in [0.2, 0.25) is 0 Å². The van der Waals surface area contributed by atoms with Crippen molar-refractivity contribution in [3.05, 3.63) is 0 Å². The fraction of sp³-hybridized carbons (Fsp3) is 1.00. The molecule has 0 saturated carbocycles. The van der Waals surface area contributed by atoms with E-state index in [0.29, 0.717) is 11.1 Å². The summed E-state index contributed by atoms with van der Waals surface area (Å²) >= 11 is 0. The van der Waals surface area contributed by atoms with E-state index in [9.17, 15) is 0 Å². The molecule has 1 N–H and O–H groups in total. The van der Waals surface area contributed by atoms with E-state index in [1.165, 1.54) is 0 Å². The fourth-order valence-electron chi connectivity index (χ4n) is 1.56. The lowest BCUT2D eigenvalue weighted by Gasteiger charge is -2.45. The molecule has 4 heteroatoms. The molecule has 0 aromatic heterocycles. The number of rotatable bonds is 5. The first kappa shape index (κ1) is 17.8. The van der Waals surface area contributed by atoms with Crippen molar-refractivity contribution in [2.45, 2.75) is 78.7 Å². The molecule has 0 aliphatic carbocycles. The topological polar surface area (TPSA) is 15.3 Å². The van der Waals surface area contributed by atoms with Crippen molar-refractivity contribution in [2.75, 3.05) is 0 Å². The molecule has 0 aromatic rings. The van der Waals surface area contributed by atoms with Crippen LogP contribution in [0.5, 0.6) is 0 Å². The summed E-state index contributed by atoms with van der Waals surface area (Å²) in [6.45, 7) is 20.4. The molecule has 0 heterocycles. The molecule has 0 saturated heterocycles. The zero-order chi connectivity index (χ0) is 14.1. The maximum atomic E-state index is 3.67. The highest BCUT2D eigenvalue weighted by molar-refractivity contribution is 7.45. The van der Waals surface area contributed by atoms with Gasteiger partial charge < -0.3 is 0 Å². The number of hydrogen-bond acceptors (Lipinski definition) is 2. The third-order valence-electron chi connectivity index (χ3n) is 3.14. The van der Waals surface area contributed by atoms with E-state index in [-0.39, 0.29) is 11.2 Å². The van der Waals surface area contributed by atoms with E-state index < -0.39 is 0 Å². The van der Waals surface area contributed by atoms with Crippen LogP contribution in [0.25, 0.3) is 0 Å². The van der Waals surface area contributed by atoms with Gasteiger partial charge in [0.25, 0.3) is 0 Å². The Bertz CT molecular complexity index is 242. The Labute approximate surface area is 113 Å². The van der Waals surface area contributed by atoms with Crippen molar-refractivity contribution in [3.8, 4) is 0 Å². The van der Waals surface area contributed by atoms with E-state index >= 15 is 0 Å². The Balaban J connectivity index is 4.65. The number of nitrogens with zero attached hydrogens (tertiary/aromatic N) is 1. The van der Waals surface area contributed by atoms with Gasteiger partial charge in [0, 0.05) is 5.54 Å². The standard InChI is InChI=1S/C13H32N2P2/c1-10(2)12(6,7)17-15(16)13(8,9)14-11(3,4)5/h10,14,17H,16H2,1-9H3. The zero-order valence-corrected chi connectivity index (χ0v) is 15.3. The second kappa shape index (κ2) is 5.83. The van der Waals surface area contributed by atoms with Gasteiger partial charge in [-0.1, -0.05) is 37.1 Å².